The van der Waals surface area contributed by atoms with Gasteiger partial charge in [-0.1, -0.05) is 23.7 Å². The van der Waals surface area contributed by atoms with E-state index in [0.717, 1.165) is 5.56 Å². The average molecular weight is 335 g/mol. The second-order valence-electron chi connectivity index (χ2n) is 6.02. The number of methoxy groups -OCH3 is 1. The van der Waals surface area contributed by atoms with E-state index in [0.29, 0.717) is 16.5 Å². The number of para-hydroxylation sites is 1. The molecular formula is C17H19ClN2O3. The number of halogens is 1. The SMILES string of the molecule is COc1ccccc1-c1cc(Cl)cc(N(C(=O)O)C(C)(C)C)n1. The summed E-state index contributed by atoms with van der Waals surface area (Å²) >= 11 is 6.19. The Morgan fingerprint density at radius 2 is 1.91 bits per heavy atom. The van der Waals surface area contributed by atoms with Gasteiger partial charge in [-0.2, -0.15) is 0 Å². The Kier molecular flexibility index (Phi) is 4.80. The number of hydrogen-bond donors (Lipinski definition) is 1. The van der Waals surface area contributed by atoms with Gasteiger partial charge in [0.25, 0.3) is 0 Å². The van der Waals surface area contributed by atoms with Crippen LogP contribution >= 0.6 is 11.6 Å². The molecule has 0 atom stereocenters. The van der Waals surface area contributed by atoms with Crippen LogP contribution in [0.3, 0.4) is 0 Å². The Bertz CT molecular complexity index is 726. The highest BCUT2D eigenvalue weighted by atomic mass is 35.5. The van der Waals surface area contributed by atoms with Crippen molar-refractivity contribution in [2.75, 3.05) is 12.0 Å². The number of aromatic nitrogens is 1. The number of carboxylic acid groups (broad SMARTS) is 1. The Morgan fingerprint density at radius 1 is 1.26 bits per heavy atom. The van der Waals surface area contributed by atoms with Crippen LogP contribution in [-0.2, 0) is 0 Å². The first-order valence-electron chi connectivity index (χ1n) is 7.08. The molecule has 0 saturated heterocycles. The van der Waals surface area contributed by atoms with Crippen LogP contribution in [0.5, 0.6) is 5.75 Å². The molecule has 2 rings (SSSR count). The first-order chi connectivity index (χ1) is 10.7. The molecule has 1 aromatic heterocycles. The number of rotatable bonds is 3. The molecule has 0 aliphatic heterocycles. The third kappa shape index (κ3) is 3.74. The lowest BCUT2D eigenvalue weighted by Crippen LogP contribution is -2.45. The molecule has 0 fully saturated rings. The van der Waals surface area contributed by atoms with E-state index in [1.165, 1.54) is 4.90 Å². The molecule has 23 heavy (non-hydrogen) atoms. The third-order valence-electron chi connectivity index (χ3n) is 3.25. The number of nitrogens with zero attached hydrogens (tertiary/aromatic N) is 2. The molecule has 1 heterocycles. The smallest absolute Gasteiger partial charge is 0.413 e. The predicted octanol–water partition coefficient (Wildman–Crippen LogP) is 4.69. The van der Waals surface area contributed by atoms with Crippen LogP contribution in [0, 0.1) is 0 Å². The fraction of sp³-hybridized carbons (Fsp3) is 0.294. The first-order valence-corrected chi connectivity index (χ1v) is 7.46. The number of anilines is 1. The summed E-state index contributed by atoms with van der Waals surface area (Å²) in [6, 6.07) is 10.6. The van der Waals surface area contributed by atoms with Crippen LogP contribution in [0.25, 0.3) is 11.3 Å². The predicted molar refractivity (Wildman–Crippen MR) is 91.5 cm³/mol. The molecule has 122 valence electrons. The molecule has 1 aromatic carbocycles. The van der Waals surface area contributed by atoms with Gasteiger partial charge in [-0.3, -0.25) is 4.90 Å². The van der Waals surface area contributed by atoms with Gasteiger partial charge in [-0.15, -0.1) is 0 Å². The Labute approximate surface area is 140 Å². The molecule has 5 nitrogen and oxygen atoms in total. The number of carbonyl (C=O) groups is 1. The van der Waals surface area contributed by atoms with Crippen LogP contribution in [0.1, 0.15) is 20.8 Å². The second kappa shape index (κ2) is 6.46. The molecule has 0 saturated carbocycles. The Hall–Kier alpha value is -2.27. The zero-order chi connectivity index (χ0) is 17.2. The van der Waals surface area contributed by atoms with Gasteiger partial charge in [0.2, 0.25) is 0 Å². The minimum Gasteiger partial charge on any atom is -0.496 e. The van der Waals surface area contributed by atoms with Crippen molar-refractivity contribution < 1.29 is 14.6 Å². The molecule has 1 N–H and O–H groups in total. The number of benzene rings is 1. The van der Waals surface area contributed by atoms with Crippen LogP contribution in [0.2, 0.25) is 5.02 Å². The van der Waals surface area contributed by atoms with Gasteiger partial charge in [-0.25, -0.2) is 9.78 Å². The molecule has 6 heteroatoms. The van der Waals surface area contributed by atoms with Gasteiger partial charge >= 0.3 is 6.09 Å². The van der Waals surface area contributed by atoms with Gasteiger partial charge in [0.1, 0.15) is 11.6 Å². The van der Waals surface area contributed by atoms with Gasteiger partial charge in [-0.05, 0) is 45.0 Å². The van der Waals surface area contributed by atoms with Crippen LogP contribution < -0.4 is 9.64 Å². The van der Waals surface area contributed by atoms with E-state index < -0.39 is 11.6 Å². The summed E-state index contributed by atoms with van der Waals surface area (Å²) in [4.78, 5) is 17.3. The van der Waals surface area contributed by atoms with Gasteiger partial charge < -0.3 is 9.84 Å². The van der Waals surface area contributed by atoms with Crippen molar-refractivity contribution in [2.24, 2.45) is 0 Å². The van der Waals surface area contributed by atoms with E-state index in [1.807, 2.05) is 24.3 Å². The molecule has 0 spiro atoms. The van der Waals surface area contributed by atoms with Crippen LogP contribution in [-0.4, -0.2) is 28.8 Å². The number of amides is 1. The van der Waals surface area contributed by atoms with Crippen molar-refractivity contribution in [1.82, 2.24) is 4.98 Å². The monoisotopic (exact) mass is 334 g/mol. The van der Waals surface area contributed by atoms with Crippen LogP contribution in [0.15, 0.2) is 36.4 Å². The fourth-order valence-electron chi connectivity index (χ4n) is 2.32. The maximum Gasteiger partial charge on any atom is 0.413 e. The molecule has 0 bridgehead atoms. The molecule has 0 unspecified atom stereocenters. The van der Waals surface area contributed by atoms with Crippen LogP contribution in [0.4, 0.5) is 10.6 Å². The summed E-state index contributed by atoms with van der Waals surface area (Å²) < 4.78 is 5.34. The maximum atomic E-state index is 11.6. The van der Waals surface area contributed by atoms with Crippen molar-refractivity contribution in [2.45, 2.75) is 26.3 Å². The maximum absolute atomic E-state index is 11.6. The largest absolute Gasteiger partial charge is 0.496 e. The zero-order valence-corrected chi connectivity index (χ0v) is 14.3. The van der Waals surface area contributed by atoms with E-state index in [-0.39, 0.29) is 5.82 Å². The lowest BCUT2D eigenvalue weighted by molar-refractivity contribution is 0.195. The van der Waals surface area contributed by atoms with Gasteiger partial charge in [0.05, 0.1) is 12.8 Å². The molecule has 2 aromatic rings. The lowest BCUT2D eigenvalue weighted by Gasteiger charge is -2.32. The van der Waals surface area contributed by atoms with E-state index in [4.69, 9.17) is 16.3 Å². The molecule has 0 radical (unpaired) electrons. The summed E-state index contributed by atoms with van der Waals surface area (Å²) in [6.07, 6.45) is -1.08. The summed E-state index contributed by atoms with van der Waals surface area (Å²) in [5.74, 6) is 0.921. The first kappa shape index (κ1) is 17.1. The number of ether oxygens (including phenoxy) is 1. The Balaban J connectivity index is 2.62. The summed E-state index contributed by atoms with van der Waals surface area (Å²) in [5.41, 5.74) is 0.653. The van der Waals surface area contributed by atoms with E-state index in [1.54, 1.807) is 40.0 Å². The third-order valence-corrected chi connectivity index (χ3v) is 3.47. The van der Waals surface area contributed by atoms with Gasteiger partial charge in [0, 0.05) is 16.1 Å². The van der Waals surface area contributed by atoms with Crippen molar-refractivity contribution >= 4 is 23.5 Å². The fourth-order valence-corrected chi connectivity index (χ4v) is 2.52. The van der Waals surface area contributed by atoms with E-state index in [2.05, 4.69) is 4.98 Å². The van der Waals surface area contributed by atoms with Crippen molar-refractivity contribution in [3.8, 4) is 17.0 Å². The van der Waals surface area contributed by atoms with E-state index >= 15 is 0 Å². The minimum absolute atomic E-state index is 0.276. The molecule has 1 amide bonds. The summed E-state index contributed by atoms with van der Waals surface area (Å²) in [6.45, 7) is 5.39. The molecular weight excluding hydrogens is 316 g/mol. The molecule has 0 aliphatic rings. The topological polar surface area (TPSA) is 62.7 Å². The summed E-state index contributed by atoms with van der Waals surface area (Å²) in [5, 5.41) is 9.94. The van der Waals surface area contributed by atoms with E-state index in [9.17, 15) is 9.90 Å². The average Bonchev–Trinajstić information content (AvgIpc) is 2.44. The second-order valence-corrected chi connectivity index (χ2v) is 6.45. The Morgan fingerprint density at radius 3 is 2.48 bits per heavy atom. The highest BCUT2D eigenvalue weighted by Crippen LogP contribution is 2.33. The minimum atomic E-state index is -1.08. The highest BCUT2D eigenvalue weighted by molar-refractivity contribution is 6.31. The van der Waals surface area contributed by atoms with Crippen molar-refractivity contribution in [3.05, 3.63) is 41.4 Å². The standard InChI is InChI=1S/C17H19ClN2O3/c1-17(2,3)20(16(21)22)15-10-11(18)9-13(19-15)12-7-5-6-8-14(12)23-4/h5-10H,1-4H3,(H,21,22). The van der Waals surface area contributed by atoms with Crippen molar-refractivity contribution in [1.29, 1.82) is 0 Å². The highest BCUT2D eigenvalue weighted by Gasteiger charge is 2.29. The molecule has 0 aliphatic carbocycles. The quantitative estimate of drug-likeness (QED) is 0.884. The number of hydrogen-bond acceptors (Lipinski definition) is 3. The number of pyridine rings is 1. The zero-order valence-electron chi connectivity index (χ0n) is 13.5. The summed E-state index contributed by atoms with van der Waals surface area (Å²) in [7, 11) is 1.57. The lowest BCUT2D eigenvalue weighted by atomic mass is 10.1. The van der Waals surface area contributed by atoms with Crippen molar-refractivity contribution in [3.63, 3.8) is 0 Å². The van der Waals surface area contributed by atoms with Gasteiger partial charge in [0.15, 0.2) is 0 Å². The normalized spacial score (nSPS) is 11.2.